The highest BCUT2D eigenvalue weighted by atomic mass is 32.1. The number of aryl methyl sites for hydroxylation is 1. The maximum atomic E-state index is 12.5. The average molecular weight is 420 g/mol. The van der Waals surface area contributed by atoms with Crippen molar-refractivity contribution in [1.82, 2.24) is 15.2 Å². The summed E-state index contributed by atoms with van der Waals surface area (Å²) in [5, 5.41) is 5.49. The second-order valence-corrected chi connectivity index (χ2v) is 8.46. The summed E-state index contributed by atoms with van der Waals surface area (Å²) in [6.45, 7) is 3.95. The van der Waals surface area contributed by atoms with Crippen molar-refractivity contribution in [2.24, 2.45) is 0 Å². The van der Waals surface area contributed by atoms with Gasteiger partial charge in [0, 0.05) is 37.0 Å². The third kappa shape index (κ3) is 4.76. The topological polar surface area (TPSA) is 62.3 Å². The van der Waals surface area contributed by atoms with Crippen molar-refractivity contribution in [1.29, 1.82) is 0 Å². The van der Waals surface area contributed by atoms with E-state index in [1.54, 1.807) is 5.38 Å². The van der Waals surface area contributed by atoms with Crippen molar-refractivity contribution in [2.75, 3.05) is 13.1 Å². The second-order valence-electron chi connectivity index (χ2n) is 7.60. The number of hydrogen-bond acceptors (Lipinski definition) is 4. The molecule has 1 aliphatic rings. The first-order chi connectivity index (χ1) is 14.6. The van der Waals surface area contributed by atoms with Crippen LogP contribution in [-0.2, 0) is 17.8 Å². The maximum absolute atomic E-state index is 12.5. The number of hydrogen-bond donors (Lipinski definition) is 1. The quantitative estimate of drug-likeness (QED) is 0.609. The van der Waals surface area contributed by atoms with Crippen LogP contribution in [0.3, 0.4) is 0 Å². The predicted octanol–water partition coefficient (Wildman–Crippen LogP) is 4.21. The minimum absolute atomic E-state index is 0.147. The number of aromatic nitrogens is 1. The SMILES string of the molecule is Cc1ccc(-c2nc(C(=O)NCCCC(=O)N3CCc4ccccc4C3)cs2)cc1. The lowest BCUT2D eigenvalue weighted by atomic mass is 9.99. The van der Waals surface area contributed by atoms with Gasteiger partial charge in [-0.15, -0.1) is 11.3 Å². The van der Waals surface area contributed by atoms with Gasteiger partial charge in [0.15, 0.2) is 0 Å². The molecular weight excluding hydrogens is 394 g/mol. The van der Waals surface area contributed by atoms with Gasteiger partial charge in [0.05, 0.1) is 0 Å². The zero-order chi connectivity index (χ0) is 20.9. The summed E-state index contributed by atoms with van der Waals surface area (Å²) in [5.74, 6) is -0.0435. The minimum atomic E-state index is -0.191. The van der Waals surface area contributed by atoms with Gasteiger partial charge in [-0.3, -0.25) is 9.59 Å². The van der Waals surface area contributed by atoms with Crippen molar-refractivity contribution in [2.45, 2.75) is 32.7 Å². The van der Waals surface area contributed by atoms with Crippen LogP contribution in [0.2, 0.25) is 0 Å². The maximum Gasteiger partial charge on any atom is 0.270 e. The van der Waals surface area contributed by atoms with Crippen molar-refractivity contribution < 1.29 is 9.59 Å². The first kappa shape index (κ1) is 20.3. The van der Waals surface area contributed by atoms with Crippen LogP contribution in [0, 0.1) is 6.92 Å². The Labute approximate surface area is 180 Å². The normalized spacial score (nSPS) is 13.0. The molecule has 30 heavy (non-hydrogen) atoms. The molecule has 0 saturated carbocycles. The van der Waals surface area contributed by atoms with Crippen LogP contribution in [0.1, 0.15) is 40.0 Å². The Balaban J connectivity index is 1.23. The molecule has 0 atom stereocenters. The number of fused-ring (bicyclic) bond motifs is 1. The number of carbonyl (C=O) groups excluding carboxylic acids is 2. The van der Waals surface area contributed by atoms with E-state index in [4.69, 9.17) is 0 Å². The summed E-state index contributed by atoms with van der Waals surface area (Å²) in [4.78, 5) is 31.2. The summed E-state index contributed by atoms with van der Waals surface area (Å²) in [6.07, 6.45) is 1.97. The molecule has 0 spiro atoms. The highest BCUT2D eigenvalue weighted by Gasteiger charge is 2.20. The molecule has 0 unspecified atom stereocenters. The Morgan fingerprint density at radius 2 is 1.87 bits per heavy atom. The molecule has 1 aliphatic heterocycles. The Morgan fingerprint density at radius 3 is 2.67 bits per heavy atom. The molecule has 1 N–H and O–H groups in total. The molecule has 0 fully saturated rings. The number of amides is 2. The Kier molecular flexibility index (Phi) is 6.23. The summed E-state index contributed by atoms with van der Waals surface area (Å²) in [6, 6.07) is 16.4. The van der Waals surface area contributed by atoms with E-state index in [0.717, 1.165) is 23.5 Å². The molecule has 3 aromatic rings. The van der Waals surface area contributed by atoms with Crippen LogP contribution >= 0.6 is 11.3 Å². The lowest BCUT2D eigenvalue weighted by Crippen LogP contribution is -2.36. The summed E-state index contributed by atoms with van der Waals surface area (Å²) in [7, 11) is 0. The van der Waals surface area contributed by atoms with Crippen LogP contribution in [0.25, 0.3) is 10.6 Å². The summed E-state index contributed by atoms with van der Waals surface area (Å²) in [5.41, 5.74) is 5.20. The lowest BCUT2D eigenvalue weighted by molar-refractivity contribution is -0.132. The zero-order valence-corrected chi connectivity index (χ0v) is 17.9. The minimum Gasteiger partial charge on any atom is -0.351 e. The van der Waals surface area contributed by atoms with Crippen molar-refractivity contribution in [3.8, 4) is 10.6 Å². The third-order valence-electron chi connectivity index (χ3n) is 5.37. The Hall–Kier alpha value is -2.99. The number of carbonyl (C=O) groups is 2. The highest BCUT2D eigenvalue weighted by Crippen LogP contribution is 2.24. The zero-order valence-electron chi connectivity index (χ0n) is 17.1. The largest absolute Gasteiger partial charge is 0.351 e. The number of benzene rings is 2. The molecule has 0 radical (unpaired) electrons. The van der Waals surface area contributed by atoms with Gasteiger partial charge in [-0.05, 0) is 30.9 Å². The van der Waals surface area contributed by atoms with E-state index in [1.165, 1.54) is 28.0 Å². The van der Waals surface area contributed by atoms with E-state index >= 15 is 0 Å². The number of nitrogens with one attached hydrogen (secondary N) is 1. The Morgan fingerprint density at radius 1 is 1.10 bits per heavy atom. The van der Waals surface area contributed by atoms with Gasteiger partial charge in [-0.1, -0.05) is 54.1 Å². The van der Waals surface area contributed by atoms with E-state index in [-0.39, 0.29) is 11.8 Å². The fraction of sp³-hybridized carbons (Fsp3) is 0.292. The third-order valence-corrected chi connectivity index (χ3v) is 6.26. The first-order valence-electron chi connectivity index (χ1n) is 10.3. The molecule has 2 heterocycles. The van der Waals surface area contributed by atoms with Gasteiger partial charge in [0.1, 0.15) is 10.7 Å². The van der Waals surface area contributed by atoms with Crippen molar-refractivity contribution in [3.05, 3.63) is 76.3 Å². The van der Waals surface area contributed by atoms with Crippen LogP contribution < -0.4 is 5.32 Å². The molecule has 0 aliphatic carbocycles. The van der Waals surface area contributed by atoms with Crippen molar-refractivity contribution >= 4 is 23.2 Å². The molecule has 6 heteroatoms. The van der Waals surface area contributed by atoms with Gasteiger partial charge in [-0.2, -0.15) is 0 Å². The number of thiazole rings is 1. The van der Waals surface area contributed by atoms with E-state index in [9.17, 15) is 9.59 Å². The summed E-state index contributed by atoms with van der Waals surface area (Å²) < 4.78 is 0. The van der Waals surface area contributed by atoms with Crippen molar-refractivity contribution in [3.63, 3.8) is 0 Å². The average Bonchev–Trinajstić information content (AvgIpc) is 3.27. The summed E-state index contributed by atoms with van der Waals surface area (Å²) >= 11 is 1.46. The van der Waals surface area contributed by atoms with E-state index in [2.05, 4.69) is 22.4 Å². The van der Waals surface area contributed by atoms with Crippen LogP contribution in [0.5, 0.6) is 0 Å². The second kappa shape index (κ2) is 9.22. The van der Waals surface area contributed by atoms with Crippen LogP contribution in [-0.4, -0.2) is 34.8 Å². The van der Waals surface area contributed by atoms with Crippen LogP contribution in [0.4, 0.5) is 0 Å². The molecular formula is C24H25N3O2S. The first-order valence-corrected chi connectivity index (χ1v) is 11.1. The molecule has 154 valence electrons. The molecule has 4 rings (SSSR count). The number of nitrogens with zero attached hydrogens (tertiary/aromatic N) is 2. The fourth-order valence-electron chi connectivity index (χ4n) is 3.61. The smallest absolute Gasteiger partial charge is 0.270 e. The molecule has 0 bridgehead atoms. The fourth-order valence-corrected chi connectivity index (χ4v) is 4.41. The number of rotatable bonds is 6. The van der Waals surface area contributed by atoms with Gasteiger partial charge in [0.2, 0.25) is 5.91 Å². The molecule has 1 aromatic heterocycles. The molecule has 2 amide bonds. The lowest BCUT2D eigenvalue weighted by Gasteiger charge is -2.29. The van der Waals surface area contributed by atoms with E-state index in [0.29, 0.717) is 31.6 Å². The molecule has 0 saturated heterocycles. The standard InChI is InChI=1S/C24H25N3O2S/c1-17-8-10-19(11-9-17)24-26-21(16-30-24)23(29)25-13-4-7-22(28)27-14-12-18-5-2-3-6-20(18)15-27/h2-3,5-6,8-11,16H,4,7,12-15H2,1H3,(H,25,29). The van der Waals surface area contributed by atoms with E-state index in [1.807, 2.05) is 48.2 Å². The predicted molar refractivity (Wildman–Crippen MR) is 119 cm³/mol. The van der Waals surface area contributed by atoms with Gasteiger partial charge in [0.25, 0.3) is 5.91 Å². The van der Waals surface area contributed by atoms with E-state index < -0.39 is 0 Å². The van der Waals surface area contributed by atoms with Gasteiger partial charge >= 0.3 is 0 Å². The monoisotopic (exact) mass is 419 g/mol. The molecule has 2 aromatic carbocycles. The highest BCUT2D eigenvalue weighted by molar-refractivity contribution is 7.13. The van der Waals surface area contributed by atoms with Crippen LogP contribution in [0.15, 0.2) is 53.9 Å². The van der Waals surface area contributed by atoms with Gasteiger partial charge in [-0.25, -0.2) is 4.98 Å². The Bertz CT molecular complexity index is 1040. The van der Waals surface area contributed by atoms with Gasteiger partial charge < -0.3 is 10.2 Å². The molecule has 5 nitrogen and oxygen atoms in total.